The number of nitrogens with one attached hydrogen (secondary N) is 1. The van der Waals surface area contributed by atoms with Crippen LogP contribution in [0.3, 0.4) is 0 Å². The van der Waals surface area contributed by atoms with Gasteiger partial charge in [0, 0.05) is 54.8 Å². The highest BCUT2D eigenvalue weighted by molar-refractivity contribution is 7.90. The highest BCUT2D eigenvalue weighted by Crippen LogP contribution is 2.48. The van der Waals surface area contributed by atoms with Crippen molar-refractivity contribution in [1.29, 1.82) is 0 Å². The van der Waals surface area contributed by atoms with E-state index in [2.05, 4.69) is 45.5 Å². The number of allylic oxidation sites excluding steroid dienone is 6. The van der Waals surface area contributed by atoms with Crippen LogP contribution in [-0.2, 0) is 28.4 Å². The van der Waals surface area contributed by atoms with Gasteiger partial charge < -0.3 is 19.1 Å². The molecule has 2 amide bonds. The van der Waals surface area contributed by atoms with Crippen molar-refractivity contribution in [2.45, 2.75) is 89.0 Å². The maximum atomic E-state index is 14.2. The van der Waals surface area contributed by atoms with Crippen molar-refractivity contribution in [2.24, 2.45) is 7.05 Å². The third kappa shape index (κ3) is 6.45. The van der Waals surface area contributed by atoms with Crippen molar-refractivity contribution in [3.05, 3.63) is 76.0 Å². The number of benzene rings is 1. The average Bonchev–Trinajstić information content (AvgIpc) is 3.81. The fourth-order valence-corrected chi connectivity index (χ4v) is 9.04. The van der Waals surface area contributed by atoms with E-state index in [-0.39, 0.29) is 11.5 Å². The fourth-order valence-electron chi connectivity index (χ4n) is 8.43. The van der Waals surface area contributed by atoms with Crippen LogP contribution in [-0.4, -0.2) is 90.0 Å². The molecule has 2 aliphatic carbocycles. The monoisotopic (exact) mass is 714 g/mol. The predicted molar refractivity (Wildman–Crippen MR) is 200 cm³/mol. The summed E-state index contributed by atoms with van der Waals surface area (Å²) in [5.41, 5.74) is 8.19. The van der Waals surface area contributed by atoms with Crippen LogP contribution in [0.2, 0.25) is 0 Å². The lowest BCUT2D eigenvalue weighted by Gasteiger charge is -2.25. The summed E-state index contributed by atoms with van der Waals surface area (Å²) in [4.78, 5) is 31.8. The number of hydrogen-bond donors (Lipinski definition) is 1. The van der Waals surface area contributed by atoms with Gasteiger partial charge in [0.1, 0.15) is 0 Å². The molecule has 0 spiro atoms. The van der Waals surface area contributed by atoms with E-state index in [9.17, 15) is 18.0 Å². The number of nitrogens with zero attached hydrogens (tertiary/aromatic N) is 5. The zero-order valence-corrected chi connectivity index (χ0v) is 31.5. The van der Waals surface area contributed by atoms with E-state index in [1.54, 1.807) is 37.9 Å². The van der Waals surface area contributed by atoms with E-state index in [1.807, 2.05) is 24.1 Å². The largest absolute Gasteiger partial charge is 0.501 e. The molecule has 4 heterocycles. The summed E-state index contributed by atoms with van der Waals surface area (Å²) < 4.78 is 37.6. The van der Waals surface area contributed by atoms with Crippen molar-refractivity contribution in [3.63, 3.8) is 0 Å². The minimum Gasteiger partial charge on any atom is -0.501 e. The molecule has 1 N–H and O–H groups in total. The minimum absolute atomic E-state index is 0.0237. The minimum atomic E-state index is -3.82. The van der Waals surface area contributed by atoms with Gasteiger partial charge in [0.05, 0.1) is 42.1 Å². The molecule has 1 saturated heterocycles. The van der Waals surface area contributed by atoms with Crippen LogP contribution in [0.5, 0.6) is 0 Å². The number of carbonyl (C=O) groups excluding carboxylic acids is 2. The molecule has 1 atom stereocenters. The first-order valence-electron chi connectivity index (χ1n) is 18.3. The Morgan fingerprint density at radius 3 is 2.49 bits per heavy atom. The Labute approximate surface area is 301 Å². The van der Waals surface area contributed by atoms with Gasteiger partial charge in [0.15, 0.2) is 0 Å². The second-order valence-corrected chi connectivity index (χ2v) is 17.3. The maximum absolute atomic E-state index is 14.2. The van der Waals surface area contributed by atoms with Gasteiger partial charge in [-0.15, -0.1) is 0 Å². The van der Waals surface area contributed by atoms with Gasteiger partial charge in [-0.05, 0) is 106 Å². The number of amides is 2. The molecule has 1 saturated carbocycles. The second kappa shape index (κ2) is 13.8. The van der Waals surface area contributed by atoms with E-state index in [0.717, 1.165) is 65.6 Å². The Hall–Kier alpha value is -4.16. The van der Waals surface area contributed by atoms with Gasteiger partial charge >= 0.3 is 0 Å². The molecule has 51 heavy (non-hydrogen) atoms. The SMILES string of the molecule is COC1=CC2=C(CC1)c1c(C3CCCCC3)c3ccc(C(=O)NS(=O)(=O)C(C)C)cc3n1CC(c1c(C(=O)N3CCC(N(C)C)C3)cnn1C)=C2. The smallest absolute Gasteiger partial charge is 0.264 e. The topological polar surface area (TPSA) is 119 Å². The molecule has 4 aliphatic rings. The van der Waals surface area contributed by atoms with Crippen molar-refractivity contribution >= 4 is 43.9 Å². The third-order valence-electron chi connectivity index (χ3n) is 11.4. The zero-order valence-electron chi connectivity index (χ0n) is 30.7. The highest BCUT2D eigenvalue weighted by Gasteiger charge is 2.35. The van der Waals surface area contributed by atoms with Crippen LogP contribution >= 0.6 is 0 Å². The van der Waals surface area contributed by atoms with E-state index in [0.29, 0.717) is 37.2 Å². The van der Waals surface area contributed by atoms with Gasteiger partial charge in [0.25, 0.3) is 11.8 Å². The lowest BCUT2D eigenvalue weighted by molar-refractivity contribution is 0.0782. The van der Waals surface area contributed by atoms with Crippen LogP contribution in [0.15, 0.2) is 47.9 Å². The molecular weight excluding hydrogens is 665 g/mol. The molecule has 0 bridgehead atoms. The number of likely N-dealkylation sites (N-methyl/N-ethyl adjacent to an activating group) is 1. The van der Waals surface area contributed by atoms with Crippen LogP contribution in [0, 0.1) is 0 Å². The number of ether oxygens (including phenoxy) is 1. The number of aryl methyl sites for hydroxylation is 1. The number of aromatic nitrogens is 3. The molecule has 2 aliphatic heterocycles. The van der Waals surface area contributed by atoms with Gasteiger partial charge in [-0.1, -0.05) is 25.3 Å². The van der Waals surface area contributed by atoms with Gasteiger partial charge in [-0.3, -0.25) is 14.3 Å². The summed E-state index contributed by atoms with van der Waals surface area (Å²) in [6, 6.07) is 5.92. The number of rotatable bonds is 8. The van der Waals surface area contributed by atoms with Gasteiger partial charge in [-0.2, -0.15) is 5.10 Å². The fraction of sp³-hybridized carbons (Fsp3) is 0.513. The number of methoxy groups -OCH3 is 1. The van der Waals surface area contributed by atoms with E-state index in [1.165, 1.54) is 36.1 Å². The van der Waals surface area contributed by atoms with E-state index in [4.69, 9.17) is 4.74 Å². The molecule has 1 unspecified atom stereocenters. The normalized spacial score (nSPS) is 20.0. The Kier molecular flexibility index (Phi) is 9.51. The van der Waals surface area contributed by atoms with Crippen LogP contribution < -0.4 is 4.72 Å². The maximum Gasteiger partial charge on any atom is 0.264 e. The summed E-state index contributed by atoms with van der Waals surface area (Å²) in [7, 11) is 3.89. The molecule has 2 aromatic heterocycles. The third-order valence-corrected chi connectivity index (χ3v) is 13.1. The van der Waals surface area contributed by atoms with Crippen LogP contribution in [0.1, 0.15) is 109 Å². The highest BCUT2D eigenvalue weighted by atomic mass is 32.2. The Balaban J connectivity index is 1.42. The number of sulfonamides is 1. The molecule has 12 heteroatoms. The molecule has 3 aromatic rings. The van der Waals surface area contributed by atoms with Crippen molar-refractivity contribution in [3.8, 4) is 0 Å². The lowest BCUT2D eigenvalue weighted by Crippen LogP contribution is -2.35. The second-order valence-electron chi connectivity index (χ2n) is 15.0. The van der Waals surface area contributed by atoms with Crippen molar-refractivity contribution < 1.29 is 22.7 Å². The molecule has 11 nitrogen and oxygen atoms in total. The Morgan fingerprint density at radius 2 is 1.80 bits per heavy atom. The predicted octanol–water partition coefficient (Wildman–Crippen LogP) is 5.84. The summed E-state index contributed by atoms with van der Waals surface area (Å²) in [6.45, 7) is 4.91. The standard InChI is InChI=1S/C39H50N6O5S/c1-24(2)51(48,49)41-38(46)26-12-14-32-34(20-26)45-22-28(36-33(21-40-43(36)5)39(47)44-17-16-29(23-44)42(3)4)18-27-19-30(50-6)13-15-31(27)37(45)35(32)25-10-8-7-9-11-25/h12,14,18-21,24-25,29H,7-11,13,15-17,22-23H2,1-6H3,(H,41,46). The van der Waals surface area contributed by atoms with Gasteiger partial charge in [0.2, 0.25) is 10.0 Å². The summed E-state index contributed by atoms with van der Waals surface area (Å²) in [5.74, 6) is 0.599. The first-order valence-corrected chi connectivity index (χ1v) is 19.8. The zero-order chi connectivity index (χ0) is 36.2. The van der Waals surface area contributed by atoms with Crippen LogP contribution in [0.25, 0.3) is 22.0 Å². The number of hydrogen-bond acceptors (Lipinski definition) is 7. The van der Waals surface area contributed by atoms with E-state index < -0.39 is 21.2 Å². The quantitative estimate of drug-likeness (QED) is 0.312. The number of carbonyl (C=O) groups is 2. The van der Waals surface area contributed by atoms with Crippen molar-refractivity contribution in [1.82, 2.24) is 28.9 Å². The lowest BCUT2D eigenvalue weighted by atomic mass is 9.80. The van der Waals surface area contributed by atoms with Crippen LogP contribution in [0.4, 0.5) is 0 Å². The molecule has 2 fully saturated rings. The molecule has 7 rings (SSSR count). The summed E-state index contributed by atoms with van der Waals surface area (Å²) >= 11 is 0. The molecule has 272 valence electrons. The Bertz CT molecular complexity index is 2090. The first-order chi connectivity index (χ1) is 24.4. The first kappa shape index (κ1) is 35.3. The number of likely N-dealkylation sites (tertiary alicyclic amines) is 1. The molecule has 1 aromatic carbocycles. The van der Waals surface area contributed by atoms with Gasteiger partial charge in [-0.25, -0.2) is 13.1 Å². The Morgan fingerprint density at radius 1 is 1.04 bits per heavy atom. The van der Waals surface area contributed by atoms with Crippen molar-refractivity contribution in [2.75, 3.05) is 34.3 Å². The summed E-state index contributed by atoms with van der Waals surface area (Å²) in [5, 5.41) is 4.97. The molecular formula is C39H50N6O5S. The molecule has 0 radical (unpaired) electrons. The van der Waals surface area contributed by atoms with E-state index >= 15 is 0 Å². The average molecular weight is 715 g/mol. The number of fused-ring (bicyclic) bond motifs is 4. The summed E-state index contributed by atoms with van der Waals surface area (Å²) in [6.07, 6.45) is 14.2.